The molecule has 56 valence electrons. The molecule has 3 heteroatoms. The normalized spacial score (nSPS) is 13.7. The smallest absolute Gasteiger partial charge is 0.0162 e. The van der Waals surface area contributed by atoms with E-state index in [1.807, 2.05) is 11.8 Å². The minimum absolute atomic E-state index is 0.470. The van der Waals surface area contributed by atoms with Gasteiger partial charge in [0.25, 0.3) is 0 Å². The summed E-state index contributed by atoms with van der Waals surface area (Å²) in [6, 6.07) is 0.470. The van der Waals surface area contributed by atoms with Crippen molar-refractivity contribution in [1.29, 1.82) is 0 Å². The summed E-state index contributed by atoms with van der Waals surface area (Å²) in [5.74, 6) is 1.17. The van der Waals surface area contributed by atoms with E-state index in [1.165, 1.54) is 5.75 Å². The second-order valence-corrected chi connectivity index (χ2v) is 3.07. The van der Waals surface area contributed by atoms with E-state index in [0.29, 0.717) is 6.04 Å². The molecule has 1 atom stereocenters. The van der Waals surface area contributed by atoms with Crippen LogP contribution in [0.1, 0.15) is 6.92 Å². The second-order valence-electron chi connectivity index (χ2n) is 2.08. The van der Waals surface area contributed by atoms with Crippen molar-refractivity contribution in [2.45, 2.75) is 13.0 Å². The first kappa shape index (κ1) is 9.27. The Bertz CT molecular complexity index is 59.0. The van der Waals surface area contributed by atoms with E-state index in [1.54, 1.807) is 0 Å². The van der Waals surface area contributed by atoms with Crippen molar-refractivity contribution < 1.29 is 0 Å². The van der Waals surface area contributed by atoms with Crippen LogP contribution in [0, 0.1) is 0 Å². The van der Waals surface area contributed by atoms with E-state index in [4.69, 9.17) is 5.73 Å². The molecule has 1 unspecified atom stereocenters. The van der Waals surface area contributed by atoms with Gasteiger partial charge in [-0.2, -0.15) is 11.8 Å². The highest BCUT2D eigenvalue weighted by molar-refractivity contribution is 7.98. The number of nitrogens with two attached hydrogens (primary N) is 1. The number of nitrogens with one attached hydrogen (secondary N) is 1. The largest absolute Gasteiger partial charge is 0.329 e. The first-order valence-electron chi connectivity index (χ1n) is 3.23. The Balaban J connectivity index is 2.88. The number of rotatable bonds is 5. The summed E-state index contributed by atoms with van der Waals surface area (Å²) >= 11 is 1.85. The molecular weight excluding hydrogens is 132 g/mol. The van der Waals surface area contributed by atoms with Gasteiger partial charge in [-0.15, -0.1) is 0 Å². The molecule has 0 bridgehead atoms. The molecule has 0 fully saturated rings. The van der Waals surface area contributed by atoms with E-state index >= 15 is 0 Å². The lowest BCUT2D eigenvalue weighted by Gasteiger charge is -2.09. The van der Waals surface area contributed by atoms with Crippen LogP contribution >= 0.6 is 11.8 Å². The van der Waals surface area contributed by atoms with Crippen LogP contribution in [0.25, 0.3) is 0 Å². The summed E-state index contributed by atoms with van der Waals surface area (Å²) in [7, 11) is 0. The van der Waals surface area contributed by atoms with E-state index in [0.717, 1.165) is 13.1 Å². The van der Waals surface area contributed by atoms with E-state index in [2.05, 4.69) is 18.5 Å². The van der Waals surface area contributed by atoms with Gasteiger partial charge < -0.3 is 11.1 Å². The van der Waals surface area contributed by atoms with Crippen molar-refractivity contribution in [3.63, 3.8) is 0 Å². The third-order valence-corrected chi connectivity index (χ3v) is 1.76. The van der Waals surface area contributed by atoms with Gasteiger partial charge in [0.2, 0.25) is 0 Å². The molecule has 2 nitrogen and oxygen atoms in total. The number of hydrogen-bond acceptors (Lipinski definition) is 3. The topological polar surface area (TPSA) is 38.0 Å². The van der Waals surface area contributed by atoms with Gasteiger partial charge in [0, 0.05) is 24.9 Å². The second kappa shape index (κ2) is 6.39. The van der Waals surface area contributed by atoms with Crippen LogP contribution in [0.15, 0.2) is 0 Å². The number of hydrogen-bond donors (Lipinski definition) is 2. The standard InChI is InChI=1S/C6H16N2S/c1-6(5-7)8-3-4-9-2/h6,8H,3-5,7H2,1-2H3. The Kier molecular flexibility index (Phi) is 6.58. The van der Waals surface area contributed by atoms with Crippen LogP contribution in [-0.2, 0) is 0 Å². The van der Waals surface area contributed by atoms with E-state index in [-0.39, 0.29) is 0 Å². The predicted octanol–water partition coefficient (Wildman–Crippen LogP) is 0.286. The number of thioether (sulfide) groups is 1. The van der Waals surface area contributed by atoms with Gasteiger partial charge in [-0.25, -0.2) is 0 Å². The molecular formula is C6H16N2S. The van der Waals surface area contributed by atoms with Crippen LogP contribution in [0.4, 0.5) is 0 Å². The molecule has 0 aromatic rings. The Morgan fingerprint density at radius 2 is 2.33 bits per heavy atom. The molecule has 0 aromatic heterocycles. The fourth-order valence-electron chi connectivity index (χ4n) is 0.491. The summed E-state index contributed by atoms with van der Waals surface area (Å²) in [6.07, 6.45) is 2.11. The van der Waals surface area contributed by atoms with Crippen LogP contribution in [0.5, 0.6) is 0 Å². The molecule has 0 amide bonds. The van der Waals surface area contributed by atoms with Crippen molar-refractivity contribution in [3.8, 4) is 0 Å². The molecule has 0 saturated carbocycles. The van der Waals surface area contributed by atoms with E-state index in [9.17, 15) is 0 Å². The summed E-state index contributed by atoms with van der Waals surface area (Å²) in [6.45, 7) is 3.90. The minimum atomic E-state index is 0.470. The molecule has 0 heterocycles. The zero-order chi connectivity index (χ0) is 7.11. The Morgan fingerprint density at radius 3 is 2.78 bits per heavy atom. The monoisotopic (exact) mass is 148 g/mol. The van der Waals surface area contributed by atoms with Gasteiger partial charge >= 0.3 is 0 Å². The summed E-state index contributed by atoms with van der Waals surface area (Å²) < 4.78 is 0. The Labute approximate surface area is 61.6 Å². The van der Waals surface area contributed by atoms with Crippen LogP contribution in [0.3, 0.4) is 0 Å². The molecule has 0 aromatic carbocycles. The molecule has 3 N–H and O–H groups in total. The van der Waals surface area contributed by atoms with Gasteiger partial charge in [0.05, 0.1) is 0 Å². The lowest BCUT2D eigenvalue weighted by Crippen LogP contribution is -2.34. The molecule has 0 aliphatic rings. The summed E-state index contributed by atoms with van der Waals surface area (Å²) in [5, 5.41) is 3.29. The molecule has 0 spiro atoms. The molecule has 0 aliphatic carbocycles. The average molecular weight is 148 g/mol. The Morgan fingerprint density at radius 1 is 1.67 bits per heavy atom. The average Bonchev–Trinajstić information content (AvgIpc) is 1.89. The third kappa shape index (κ3) is 6.15. The van der Waals surface area contributed by atoms with E-state index < -0.39 is 0 Å². The first-order chi connectivity index (χ1) is 4.31. The lowest BCUT2D eigenvalue weighted by atomic mass is 10.3. The van der Waals surface area contributed by atoms with Crippen molar-refractivity contribution in [3.05, 3.63) is 0 Å². The van der Waals surface area contributed by atoms with Crippen molar-refractivity contribution in [1.82, 2.24) is 5.32 Å². The fourth-order valence-corrected chi connectivity index (χ4v) is 0.813. The van der Waals surface area contributed by atoms with Gasteiger partial charge in [-0.05, 0) is 13.2 Å². The maximum atomic E-state index is 5.38. The quantitative estimate of drug-likeness (QED) is 0.550. The van der Waals surface area contributed by atoms with Crippen LogP contribution in [-0.4, -0.2) is 31.1 Å². The zero-order valence-electron chi connectivity index (χ0n) is 6.18. The third-order valence-electron chi connectivity index (χ3n) is 1.15. The minimum Gasteiger partial charge on any atom is -0.329 e. The fraction of sp³-hybridized carbons (Fsp3) is 1.00. The first-order valence-corrected chi connectivity index (χ1v) is 4.63. The maximum Gasteiger partial charge on any atom is 0.0162 e. The molecule has 0 aliphatic heterocycles. The zero-order valence-corrected chi connectivity index (χ0v) is 7.00. The van der Waals surface area contributed by atoms with Crippen molar-refractivity contribution in [2.24, 2.45) is 5.73 Å². The van der Waals surface area contributed by atoms with Crippen LogP contribution < -0.4 is 11.1 Å². The Hall–Kier alpha value is 0.270. The van der Waals surface area contributed by atoms with Crippen molar-refractivity contribution in [2.75, 3.05) is 25.1 Å². The SMILES string of the molecule is CSCCNC(C)CN. The molecule has 0 rings (SSSR count). The highest BCUT2D eigenvalue weighted by Gasteiger charge is 1.93. The predicted molar refractivity (Wildman–Crippen MR) is 44.9 cm³/mol. The van der Waals surface area contributed by atoms with Crippen molar-refractivity contribution >= 4 is 11.8 Å². The lowest BCUT2D eigenvalue weighted by molar-refractivity contribution is 0.579. The molecule has 0 saturated heterocycles. The van der Waals surface area contributed by atoms with Crippen LogP contribution in [0.2, 0.25) is 0 Å². The summed E-state index contributed by atoms with van der Waals surface area (Å²) in [4.78, 5) is 0. The maximum absolute atomic E-state index is 5.38. The molecule has 9 heavy (non-hydrogen) atoms. The molecule has 0 radical (unpaired) electrons. The van der Waals surface area contributed by atoms with Gasteiger partial charge in [-0.1, -0.05) is 0 Å². The highest BCUT2D eigenvalue weighted by Crippen LogP contribution is 1.87. The van der Waals surface area contributed by atoms with Gasteiger partial charge in [-0.3, -0.25) is 0 Å². The van der Waals surface area contributed by atoms with Gasteiger partial charge in [0.15, 0.2) is 0 Å². The highest BCUT2D eigenvalue weighted by atomic mass is 32.2. The summed E-state index contributed by atoms with van der Waals surface area (Å²) in [5.41, 5.74) is 5.38. The van der Waals surface area contributed by atoms with Gasteiger partial charge in [0.1, 0.15) is 0 Å².